The van der Waals surface area contributed by atoms with Gasteiger partial charge in [-0.25, -0.2) is 8.42 Å². The molecule has 2 rings (SSSR count). The second-order valence-electron chi connectivity index (χ2n) is 4.89. The van der Waals surface area contributed by atoms with Crippen molar-refractivity contribution in [2.24, 2.45) is 0 Å². The molecule has 1 heterocycles. The van der Waals surface area contributed by atoms with Crippen LogP contribution in [0.4, 0.5) is 13.2 Å². The molecule has 1 aliphatic heterocycles. The summed E-state index contributed by atoms with van der Waals surface area (Å²) in [5.74, 6) is 0. The summed E-state index contributed by atoms with van der Waals surface area (Å²) in [7, 11) is -1.90. The highest BCUT2D eigenvalue weighted by atomic mass is 32.2. The number of hydrogen-bond acceptors (Lipinski definition) is 2. The van der Waals surface area contributed by atoms with E-state index in [1.807, 2.05) is 7.05 Å². The Bertz CT molecular complexity index is 579. The molecule has 0 amide bonds. The normalized spacial score (nSPS) is 19.2. The molecule has 0 saturated carbocycles. The van der Waals surface area contributed by atoms with E-state index in [1.54, 1.807) is 0 Å². The van der Waals surface area contributed by atoms with E-state index in [0.29, 0.717) is 32.2 Å². The molecule has 8 heteroatoms. The fraction of sp³-hybridized carbons (Fsp3) is 0.500. The van der Waals surface area contributed by atoms with Crippen molar-refractivity contribution in [3.8, 4) is 0 Å². The molecule has 112 valence electrons. The number of nitrogens with zero attached hydrogens (tertiary/aromatic N) is 1. The molecule has 1 saturated heterocycles. The summed E-state index contributed by atoms with van der Waals surface area (Å²) in [5, 5.41) is 0. The lowest BCUT2D eigenvalue weighted by Crippen LogP contribution is -3.12. The number of rotatable bonds is 2. The Morgan fingerprint density at radius 3 is 2.35 bits per heavy atom. The molecule has 0 atom stereocenters. The topological polar surface area (TPSA) is 41.8 Å². The molecule has 0 aliphatic carbocycles. The number of sulfonamides is 1. The maximum atomic E-state index is 12.6. The number of nitrogens with one attached hydrogen (secondary N) is 1. The van der Waals surface area contributed by atoms with Crippen LogP contribution in [0.2, 0.25) is 0 Å². The van der Waals surface area contributed by atoms with Crippen molar-refractivity contribution >= 4 is 10.0 Å². The summed E-state index contributed by atoms with van der Waals surface area (Å²) in [6.07, 6.45) is -4.54. The van der Waals surface area contributed by atoms with Gasteiger partial charge in [0.1, 0.15) is 0 Å². The van der Waals surface area contributed by atoms with Crippen LogP contribution in [-0.4, -0.2) is 45.9 Å². The van der Waals surface area contributed by atoms with Crippen molar-refractivity contribution in [2.75, 3.05) is 33.2 Å². The van der Waals surface area contributed by atoms with Crippen LogP contribution in [0.15, 0.2) is 29.2 Å². The van der Waals surface area contributed by atoms with E-state index in [1.165, 1.54) is 15.3 Å². The average Bonchev–Trinajstić information content (AvgIpc) is 2.38. The van der Waals surface area contributed by atoms with Crippen molar-refractivity contribution in [1.82, 2.24) is 4.31 Å². The highest BCUT2D eigenvalue weighted by Crippen LogP contribution is 2.31. The molecule has 1 aromatic carbocycles. The van der Waals surface area contributed by atoms with E-state index >= 15 is 0 Å². The molecule has 0 radical (unpaired) electrons. The molecular formula is C12H16F3N2O2S+. The third kappa shape index (κ3) is 3.13. The Kier molecular flexibility index (Phi) is 4.08. The SMILES string of the molecule is C[NH+]1CCN(S(=O)(=O)c2cccc(C(F)(F)F)c2)CC1. The predicted molar refractivity (Wildman–Crippen MR) is 66.8 cm³/mol. The van der Waals surface area contributed by atoms with Crippen LogP contribution in [0.5, 0.6) is 0 Å². The number of hydrogen-bond donors (Lipinski definition) is 1. The second kappa shape index (κ2) is 5.34. The molecule has 0 unspecified atom stereocenters. The number of halogens is 3. The Labute approximate surface area is 115 Å². The van der Waals surface area contributed by atoms with E-state index < -0.39 is 21.8 Å². The van der Waals surface area contributed by atoms with E-state index in [2.05, 4.69) is 0 Å². The highest BCUT2D eigenvalue weighted by Gasteiger charge is 2.34. The number of benzene rings is 1. The lowest BCUT2D eigenvalue weighted by atomic mass is 10.2. The first kappa shape index (κ1) is 15.3. The molecule has 1 N–H and O–H groups in total. The smallest absolute Gasteiger partial charge is 0.335 e. The van der Waals surface area contributed by atoms with E-state index in [9.17, 15) is 21.6 Å². The molecular weight excluding hydrogens is 293 g/mol. The molecule has 0 aromatic heterocycles. The first-order chi connectivity index (χ1) is 9.21. The number of likely N-dealkylation sites (N-methyl/N-ethyl adjacent to an activating group) is 1. The monoisotopic (exact) mass is 309 g/mol. The maximum absolute atomic E-state index is 12.6. The van der Waals surface area contributed by atoms with Crippen molar-refractivity contribution in [3.63, 3.8) is 0 Å². The lowest BCUT2D eigenvalue weighted by molar-refractivity contribution is -0.883. The zero-order chi connectivity index (χ0) is 15.0. The molecule has 0 spiro atoms. The number of piperazine rings is 1. The van der Waals surface area contributed by atoms with Crippen LogP contribution in [0, 0.1) is 0 Å². The summed E-state index contributed by atoms with van der Waals surface area (Å²) in [4.78, 5) is 0.910. The Morgan fingerprint density at radius 1 is 1.20 bits per heavy atom. The molecule has 0 bridgehead atoms. The zero-order valence-corrected chi connectivity index (χ0v) is 11.8. The van der Waals surface area contributed by atoms with Gasteiger partial charge in [-0.1, -0.05) is 6.07 Å². The second-order valence-corrected chi connectivity index (χ2v) is 6.82. The summed E-state index contributed by atoms with van der Waals surface area (Å²) >= 11 is 0. The first-order valence-electron chi connectivity index (χ1n) is 6.20. The molecule has 1 fully saturated rings. The molecule has 20 heavy (non-hydrogen) atoms. The summed E-state index contributed by atoms with van der Waals surface area (Å²) < 4.78 is 63.8. The van der Waals surface area contributed by atoms with Gasteiger partial charge in [0.15, 0.2) is 0 Å². The lowest BCUT2D eigenvalue weighted by Gasteiger charge is -2.29. The van der Waals surface area contributed by atoms with Crippen LogP contribution in [0.1, 0.15) is 5.56 Å². The maximum Gasteiger partial charge on any atom is 0.416 e. The van der Waals surface area contributed by atoms with E-state index in [-0.39, 0.29) is 4.90 Å². The minimum Gasteiger partial charge on any atom is -0.335 e. The number of alkyl halides is 3. The fourth-order valence-electron chi connectivity index (χ4n) is 2.09. The Morgan fingerprint density at radius 2 is 1.80 bits per heavy atom. The van der Waals surface area contributed by atoms with Gasteiger partial charge in [-0.05, 0) is 18.2 Å². The fourth-order valence-corrected chi connectivity index (χ4v) is 3.58. The van der Waals surface area contributed by atoms with Gasteiger partial charge in [0.25, 0.3) is 0 Å². The van der Waals surface area contributed by atoms with E-state index in [0.717, 1.165) is 12.1 Å². The third-order valence-corrected chi connectivity index (χ3v) is 5.27. The van der Waals surface area contributed by atoms with E-state index in [4.69, 9.17) is 0 Å². The van der Waals surface area contributed by atoms with Crippen molar-refractivity contribution in [3.05, 3.63) is 29.8 Å². The average molecular weight is 309 g/mol. The standard InChI is InChI=1S/C12H15F3N2O2S/c1-16-5-7-17(8-6-16)20(18,19)11-4-2-3-10(9-11)12(13,14)15/h2-4,9H,5-8H2,1H3/p+1. The van der Waals surface area contributed by atoms with Gasteiger partial charge in [-0.3, -0.25) is 0 Å². The van der Waals surface area contributed by atoms with Crippen LogP contribution in [0.25, 0.3) is 0 Å². The van der Waals surface area contributed by atoms with Gasteiger partial charge in [0.05, 0.1) is 43.7 Å². The van der Waals surface area contributed by atoms with Crippen molar-refractivity contribution in [2.45, 2.75) is 11.1 Å². The molecule has 1 aromatic rings. The van der Waals surface area contributed by atoms with Crippen molar-refractivity contribution in [1.29, 1.82) is 0 Å². The van der Waals surface area contributed by atoms with Crippen LogP contribution in [0.3, 0.4) is 0 Å². The predicted octanol–water partition coefficient (Wildman–Crippen LogP) is 0.224. The van der Waals surface area contributed by atoms with Gasteiger partial charge >= 0.3 is 6.18 Å². The van der Waals surface area contributed by atoms with Crippen LogP contribution in [-0.2, 0) is 16.2 Å². The minimum absolute atomic E-state index is 0.299. The first-order valence-corrected chi connectivity index (χ1v) is 7.64. The van der Waals surface area contributed by atoms with Crippen LogP contribution < -0.4 is 4.90 Å². The minimum atomic E-state index is -4.54. The quantitative estimate of drug-likeness (QED) is 0.849. The Hall–Kier alpha value is -1.12. The third-order valence-electron chi connectivity index (χ3n) is 3.38. The highest BCUT2D eigenvalue weighted by molar-refractivity contribution is 7.89. The summed E-state index contributed by atoms with van der Waals surface area (Å²) in [5.41, 5.74) is -0.946. The van der Waals surface area contributed by atoms with Gasteiger partial charge in [-0.2, -0.15) is 17.5 Å². The summed E-state index contributed by atoms with van der Waals surface area (Å²) in [6.45, 7) is 1.95. The van der Waals surface area contributed by atoms with Crippen molar-refractivity contribution < 1.29 is 26.5 Å². The van der Waals surface area contributed by atoms with Gasteiger partial charge < -0.3 is 4.90 Å². The molecule has 4 nitrogen and oxygen atoms in total. The number of quaternary nitrogens is 1. The zero-order valence-electron chi connectivity index (χ0n) is 10.9. The van der Waals surface area contributed by atoms with Gasteiger partial charge in [0.2, 0.25) is 10.0 Å². The van der Waals surface area contributed by atoms with Crippen LogP contribution >= 0.6 is 0 Å². The molecule has 1 aliphatic rings. The summed E-state index contributed by atoms with van der Waals surface area (Å²) in [6, 6.07) is 3.89. The largest absolute Gasteiger partial charge is 0.416 e. The van der Waals surface area contributed by atoms with Gasteiger partial charge in [0, 0.05) is 0 Å². The Balaban J connectivity index is 2.30. The van der Waals surface area contributed by atoms with Gasteiger partial charge in [-0.15, -0.1) is 0 Å².